The molecule has 1 aliphatic heterocycles. The van der Waals surface area contributed by atoms with Gasteiger partial charge >= 0.3 is 5.97 Å². The molecule has 10 nitrogen and oxygen atoms in total. The summed E-state index contributed by atoms with van der Waals surface area (Å²) in [4.78, 5) is 50.1. The Morgan fingerprint density at radius 1 is 1.10 bits per heavy atom. The number of hydrogen-bond donors (Lipinski definition) is 2. The number of phenols is 1. The van der Waals surface area contributed by atoms with Crippen LogP contribution in [0.15, 0.2) is 46.0 Å². The number of allylic oxidation sites excluding steroid dienone is 1. The molecule has 42 heavy (non-hydrogen) atoms. The van der Waals surface area contributed by atoms with Crippen molar-refractivity contribution in [3.63, 3.8) is 0 Å². The Morgan fingerprint density at radius 3 is 2.52 bits per heavy atom. The number of amides is 2. The number of rotatable bonds is 11. The summed E-state index contributed by atoms with van der Waals surface area (Å²) in [5, 5.41) is 12.8. The number of hydrogen-bond acceptors (Lipinski definition) is 8. The van der Waals surface area contributed by atoms with E-state index in [0.717, 1.165) is 43.5 Å². The molecule has 1 aliphatic carbocycles. The Balaban J connectivity index is 1.69. The van der Waals surface area contributed by atoms with Crippen LogP contribution in [-0.4, -0.2) is 78.6 Å². The fourth-order valence-corrected chi connectivity index (χ4v) is 5.37. The van der Waals surface area contributed by atoms with E-state index in [-0.39, 0.29) is 24.2 Å². The summed E-state index contributed by atoms with van der Waals surface area (Å²) in [6.07, 6.45) is 10.7. The Hall–Kier alpha value is -3.95. The molecule has 0 aromatic heterocycles. The fourth-order valence-electron chi connectivity index (χ4n) is 5.37. The van der Waals surface area contributed by atoms with Gasteiger partial charge in [-0.05, 0) is 82.2 Å². The number of nitrogens with zero attached hydrogens (tertiary/aromatic N) is 3. The van der Waals surface area contributed by atoms with Gasteiger partial charge in [0.2, 0.25) is 11.8 Å². The van der Waals surface area contributed by atoms with Crippen LogP contribution in [0.3, 0.4) is 0 Å². The maximum Gasteiger partial charge on any atom is 0.329 e. The standard InChI is InChI=1S/C32H44N4O6/c1-21(34-23(3)22(2)33-4)17-19-42-32(40)26-12-9-18-36(26)31(39)30(25-10-7-6-8-11-25)35-29(38)16-14-24-13-15-27(37)28(20-24)41-5/h13-17,20,25-26,30,37H,6-12,18-19H2,1-5H3,(H,35,38)/b16-14+,21-17+,33-22-,34-23-. The van der Waals surface area contributed by atoms with E-state index in [0.29, 0.717) is 36.4 Å². The summed E-state index contributed by atoms with van der Waals surface area (Å²) in [7, 11) is 3.16. The summed E-state index contributed by atoms with van der Waals surface area (Å²) in [5.74, 6) is -0.787. The molecule has 10 heteroatoms. The molecule has 1 saturated carbocycles. The molecule has 2 unspecified atom stereocenters. The predicted molar refractivity (Wildman–Crippen MR) is 164 cm³/mol. The number of nitrogens with one attached hydrogen (secondary N) is 1. The highest BCUT2D eigenvalue weighted by Gasteiger charge is 2.41. The number of benzene rings is 1. The molecule has 0 bridgehead atoms. The van der Waals surface area contributed by atoms with Crippen molar-refractivity contribution in [1.82, 2.24) is 10.2 Å². The number of aliphatic imine (C=N–C) groups is 2. The zero-order chi connectivity index (χ0) is 30.6. The van der Waals surface area contributed by atoms with E-state index in [9.17, 15) is 19.5 Å². The van der Waals surface area contributed by atoms with Gasteiger partial charge in [-0.1, -0.05) is 25.3 Å². The molecule has 228 valence electrons. The van der Waals surface area contributed by atoms with Crippen molar-refractivity contribution in [2.24, 2.45) is 15.9 Å². The molecule has 2 atom stereocenters. The van der Waals surface area contributed by atoms with Gasteiger partial charge in [0.05, 0.1) is 18.5 Å². The lowest BCUT2D eigenvalue weighted by molar-refractivity contribution is -0.153. The minimum atomic E-state index is -0.729. The second-order valence-corrected chi connectivity index (χ2v) is 10.8. The molecule has 2 aliphatic rings. The summed E-state index contributed by atoms with van der Waals surface area (Å²) < 4.78 is 10.7. The average molecular weight is 581 g/mol. The molecule has 0 spiro atoms. The van der Waals surface area contributed by atoms with Crippen molar-refractivity contribution >= 4 is 35.3 Å². The first-order chi connectivity index (χ1) is 20.1. The number of ether oxygens (including phenoxy) is 2. The quantitative estimate of drug-likeness (QED) is 0.226. The van der Waals surface area contributed by atoms with E-state index >= 15 is 0 Å². The summed E-state index contributed by atoms with van der Waals surface area (Å²) in [6, 6.07) is 3.36. The lowest BCUT2D eigenvalue weighted by Crippen LogP contribution is -2.55. The molecule has 1 heterocycles. The predicted octanol–water partition coefficient (Wildman–Crippen LogP) is 4.47. The number of phenolic OH excluding ortho intramolecular Hbond substituents is 1. The van der Waals surface area contributed by atoms with Crippen LogP contribution in [0.1, 0.15) is 71.3 Å². The second-order valence-electron chi connectivity index (χ2n) is 10.8. The largest absolute Gasteiger partial charge is 0.504 e. The van der Waals surface area contributed by atoms with Crippen LogP contribution in [0.2, 0.25) is 0 Å². The first-order valence-electron chi connectivity index (χ1n) is 14.6. The minimum absolute atomic E-state index is 0.00330. The topological polar surface area (TPSA) is 130 Å². The lowest BCUT2D eigenvalue weighted by Gasteiger charge is -2.34. The molecule has 0 radical (unpaired) electrons. The molecule has 3 rings (SSSR count). The molecule has 1 aromatic carbocycles. The van der Waals surface area contributed by atoms with Gasteiger partial charge in [0.1, 0.15) is 18.7 Å². The Labute approximate surface area is 248 Å². The van der Waals surface area contributed by atoms with Gasteiger partial charge in [0.25, 0.3) is 0 Å². The van der Waals surface area contributed by atoms with Gasteiger partial charge in [-0.15, -0.1) is 0 Å². The number of carbonyl (C=O) groups excluding carboxylic acids is 3. The van der Waals surface area contributed by atoms with Crippen molar-refractivity contribution in [2.45, 2.75) is 77.8 Å². The van der Waals surface area contributed by atoms with Crippen molar-refractivity contribution in [3.05, 3.63) is 41.6 Å². The van der Waals surface area contributed by atoms with E-state index in [2.05, 4.69) is 15.3 Å². The molecule has 2 N–H and O–H groups in total. The van der Waals surface area contributed by atoms with Crippen molar-refractivity contribution < 1.29 is 29.0 Å². The minimum Gasteiger partial charge on any atom is -0.504 e. The number of aromatic hydroxyl groups is 1. The molecule has 2 amide bonds. The zero-order valence-electron chi connectivity index (χ0n) is 25.4. The third-order valence-electron chi connectivity index (χ3n) is 7.93. The maximum atomic E-state index is 13.9. The average Bonchev–Trinajstić information content (AvgIpc) is 3.49. The Kier molecular flexibility index (Phi) is 12.3. The highest BCUT2D eigenvalue weighted by molar-refractivity contribution is 6.40. The van der Waals surface area contributed by atoms with E-state index < -0.39 is 24.0 Å². The third-order valence-corrected chi connectivity index (χ3v) is 7.93. The monoisotopic (exact) mass is 580 g/mol. The van der Waals surface area contributed by atoms with Gasteiger partial charge in [-0.25, -0.2) is 4.79 Å². The molecule has 1 saturated heterocycles. The Morgan fingerprint density at radius 2 is 1.83 bits per heavy atom. The summed E-state index contributed by atoms with van der Waals surface area (Å²) >= 11 is 0. The van der Waals surface area contributed by atoms with E-state index in [1.54, 1.807) is 36.2 Å². The lowest BCUT2D eigenvalue weighted by atomic mass is 9.83. The van der Waals surface area contributed by atoms with Crippen LogP contribution in [0.4, 0.5) is 0 Å². The van der Waals surface area contributed by atoms with Crippen molar-refractivity contribution in [1.29, 1.82) is 0 Å². The van der Waals surface area contributed by atoms with Crippen LogP contribution in [0.25, 0.3) is 6.08 Å². The zero-order valence-corrected chi connectivity index (χ0v) is 25.4. The van der Waals surface area contributed by atoms with Crippen LogP contribution in [0, 0.1) is 5.92 Å². The maximum absolute atomic E-state index is 13.9. The highest BCUT2D eigenvalue weighted by atomic mass is 16.5. The van der Waals surface area contributed by atoms with Gasteiger partial charge < -0.3 is 24.8 Å². The summed E-state index contributed by atoms with van der Waals surface area (Å²) in [5.41, 5.74) is 3.00. The SMILES string of the molecule is C\N=C(C)/C(C)=N\C(C)=C\COC(=O)C1CCCN1C(=O)C(NC(=O)/C=C/c1ccc(O)c(OC)c1)C1CCCCC1. The van der Waals surface area contributed by atoms with E-state index in [1.165, 1.54) is 19.3 Å². The van der Waals surface area contributed by atoms with Gasteiger partial charge in [0.15, 0.2) is 11.5 Å². The van der Waals surface area contributed by atoms with Crippen molar-refractivity contribution in [3.8, 4) is 11.5 Å². The van der Waals surface area contributed by atoms with Crippen LogP contribution < -0.4 is 10.1 Å². The third kappa shape index (κ3) is 9.03. The molecular weight excluding hydrogens is 536 g/mol. The van der Waals surface area contributed by atoms with E-state index in [4.69, 9.17) is 9.47 Å². The number of likely N-dealkylation sites (tertiary alicyclic amines) is 1. The van der Waals surface area contributed by atoms with Gasteiger partial charge in [-0.3, -0.25) is 19.6 Å². The van der Waals surface area contributed by atoms with Gasteiger partial charge in [0, 0.05) is 25.4 Å². The Bertz CT molecular complexity index is 1250. The smallest absolute Gasteiger partial charge is 0.329 e. The van der Waals surface area contributed by atoms with Crippen molar-refractivity contribution in [2.75, 3.05) is 27.3 Å². The van der Waals surface area contributed by atoms with Crippen LogP contribution >= 0.6 is 0 Å². The van der Waals surface area contributed by atoms with Crippen LogP contribution in [0.5, 0.6) is 11.5 Å². The summed E-state index contributed by atoms with van der Waals surface area (Å²) in [6.45, 7) is 6.07. The van der Waals surface area contributed by atoms with E-state index in [1.807, 2.05) is 20.8 Å². The van der Waals surface area contributed by atoms with Crippen LogP contribution in [-0.2, 0) is 19.1 Å². The fraction of sp³-hybridized carbons (Fsp3) is 0.531. The molecular formula is C32H44N4O6. The number of carbonyl (C=O) groups is 3. The second kappa shape index (κ2) is 15.9. The highest BCUT2D eigenvalue weighted by Crippen LogP contribution is 2.30. The molecule has 1 aromatic rings. The first-order valence-corrected chi connectivity index (χ1v) is 14.6. The normalized spacial score (nSPS) is 19.6. The number of esters is 1. The van der Waals surface area contributed by atoms with Gasteiger partial charge in [-0.2, -0.15) is 0 Å². The molecule has 2 fully saturated rings. The number of methoxy groups -OCH3 is 1. The first kappa shape index (κ1) is 32.6.